The molecule has 7 nitrogen and oxygen atoms in total. The Labute approximate surface area is 200 Å². The maximum Gasteiger partial charge on any atom is 0.419 e. The van der Waals surface area contributed by atoms with Gasteiger partial charge in [-0.15, -0.1) is 0 Å². The number of amides is 2. The van der Waals surface area contributed by atoms with Crippen molar-refractivity contribution >= 4 is 18.0 Å². The van der Waals surface area contributed by atoms with Crippen LogP contribution in [0.25, 0.3) is 11.1 Å². The van der Waals surface area contributed by atoms with Gasteiger partial charge in [-0.25, -0.2) is 9.59 Å². The quantitative estimate of drug-likeness (QED) is 0.450. The molecule has 0 heterocycles. The first kappa shape index (κ1) is 26.1. The van der Waals surface area contributed by atoms with Gasteiger partial charge in [-0.1, -0.05) is 68.3 Å². The molecule has 0 fully saturated rings. The average Bonchev–Trinajstić information content (AvgIpc) is 3.12. The molecule has 0 saturated carbocycles. The van der Waals surface area contributed by atoms with Crippen molar-refractivity contribution in [2.75, 3.05) is 6.61 Å². The molecule has 10 heteroatoms. The minimum atomic E-state index is -5.14. The van der Waals surface area contributed by atoms with Crippen LogP contribution in [0.2, 0.25) is 0 Å². The largest absolute Gasteiger partial charge is 0.479 e. The molecular formula is C25H27F3N2O5. The van der Waals surface area contributed by atoms with Crippen LogP contribution in [-0.4, -0.2) is 47.9 Å². The number of alkyl halides is 3. The molecule has 1 aliphatic carbocycles. The number of halogens is 3. The Morgan fingerprint density at radius 3 is 2.09 bits per heavy atom. The number of aliphatic carboxylic acids is 1. The summed E-state index contributed by atoms with van der Waals surface area (Å²) >= 11 is 0. The van der Waals surface area contributed by atoms with Gasteiger partial charge in [0.05, 0.1) is 0 Å². The predicted octanol–water partition coefficient (Wildman–Crippen LogP) is 4.61. The fraction of sp³-hybridized carbons (Fsp3) is 0.400. The van der Waals surface area contributed by atoms with Crippen molar-refractivity contribution in [1.29, 1.82) is 0 Å². The SMILES string of the molecule is CCCC[C@H](CC(=O)NC(C(=O)O)C(F)(F)F)NC(=O)OCC1c2ccccc2-c2ccccc21. The highest BCUT2D eigenvalue weighted by atomic mass is 19.4. The third-order valence-electron chi connectivity index (χ3n) is 5.88. The smallest absolute Gasteiger partial charge is 0.419 e. The molecule has 2 aromatic carbocycles. The summed E-state index contributed by atoms with van der Waals surface area (Å²) in [6.07, 6.45) is -4.80. The summed E-state index contributed by atoms with van der Waals surface area (Å²) in [5.41, 5.74) is 4.17. The van der Waals surface area contributed by atoms with E-state index >= 15 is 0 Å². The molecule has 0 aliphatic heterocycles. The number of hydrogen-bond donors (Lipinski definition) is 3. The standard InChI is InChI=1S/C25H27F3N2O5/c1-2-3-8-15(13-21(31)30-22(23(32)33)25(26,27)28)29-24(34)35-14-20-18-11-6-4-9-16(18)17-10-5-7-12-19(17)20/h4-7,9-12,15,20,22H,2-3,8,13-14H2,1H3,(H,29,34)(H,30,31)(H,32,33)/t15-,22?/m1/s1. The molecule has 0 aromatic heterocycles. The van der Waals surface area contributed by atoms with Gasteiger partial charge in [-0.3, -0.25) is 4.79 Å². The molecule has 188 valence electrons. The number of carboxylic acid groups (broad SMARTS) is 1. The first-order chi connectivity index (χ1) is 16.6. The molecular weight excluding hydrogens is 465 g/mol. The maximum absolute atomic E-state index is 12.9. The number of rotatable bonds is 10. The van der Waals surface area contributed by atoms with Gasteiger partial charge in [0.25, 0.3) is 0 Å². The van der Waals surface area contributed by atoms with Gasteiger partial charge in [-0.05, 0) is 28.7 Å². The zero-order chi connectivity index (χ0) is 25.6. The van der Waals surface area contributed by atoms with E-state index in [2.05, 4.69) is 5.32 Å². The van der Waals surface area contributed by atoms with E-state index < -0.39 is 42.7 Å². The number of hydrogen-bond acceptors (Lipinski definition) is 4. The Morgan fingerprint density at radius 1 is 1.00 bits per heavy atom. The summed E-state index contributed by atoms with van der Waals surface area (Å²) in [6.45, 7) is 1.93. The second kappa shape index (κ2) is 11.2. The van der Waals surface area contributed by atoms with Gasteiger partial charge < -0.3 is 20.5 Å². The highest BCUT2D eigenvalue weighted by Crippen LogP contribution is 2.44. The van der Waals surface area contributed by atoms with Crippen LogP contribution in [0.1, 0.15) is 49.7 Å². The van der Waals surface area contributed by atoms with Crippen molar-refractivity contribution in [3.05, 3.63) is 59.7 Å². The van der Waals surface area contributed by atoms with Gasteiger partial charge >= 0.3 is 18.2 Å². The number of unbranched alkanes of at least 4 members (excludes halogenated alkanes) is 1. The van der Waals surface area contributed by atoms with Crippen LogP contribution in [0.3, 0.4) is 0 Å². The molecule has 2 amide bonds. The number of carbonyl (C=O) groups excluding carboxylic acids is 2. The molecule has 35 heavy (non-hydrogen) atoms. The van der Waals surface area contributed by atoms with Crippen molar-refractivity contribution in [2.24, 2.45) is 0 Å². The minimum Gasteiger partial charge on any atom is -0.479 e. The Bertz CT molecular complexity index is 1030. The molecule has 3 N–H and O–H groups in total. The number of carbonyl (C=O) groups is 3. The molecule has 2 aromatic rings. The third-order valence-corrected chi connectivity index (χ3v) is 5.88. The van der Waals surface area contributed by atoms with Crippen LogP contribution in [0.4, 0.5) is 18.0 Å². The minimum absolute atomic E-state index is 0.0434. The van der Waals surface area contributed by atoms with E-state index in [0.717, 1.165) is 28.7 Å². The second-order valence-corrected chi connectivity index (χ2v) is 8.39. The number of benzene rings is 2. The van der Waals surface area contributed by atoms with Crippen molar-refractivity contribution in [3.63, 3.8) is 0 Å². The summed E-state index contributed by atoms with van der Waals surface area (Å²) in [6, 6.07) is 11.8. The second-order valence-electron chi connectivity index (χ2n) is 8.39. The van der Waals surface area contributed by atoms with Gasteiger partial charge in [0.15, 0.2) is 0 Å². The summed E-state index contributed by atoms with van der Waals surface area (Å²) in [7, 11) is 0. The number of alkyl carbamates (subject to hydrolysis) is 1. The molecule has 0 bridgehead atoms. The van der Waals surface area contributed by atoms with Gasteiger partial charge in [0.1, 0.15) is 6.61 Å². The molecule has 3 rings (SSSR count). The fourth-order valence-corrected chi connectivity index (χ4v) is 4.21. The van der Waals surface area contributed by atoms with E-state index in [1.54, 1.807) is 0 Å². The highest BCUT2D eigenvalue weighted by Gasteiger charge is 2.46. The highest BCUT2D eigenvalue weighted by molar-refractivity contribution is 5.85. The molecule has 1 aliphatic rings. The Balaban J connectivity index is 1.62. The zero-order valence-electron chi connectivity index (χ0n) is 19.1. The normalized spacial score (nSPS) is 14.4. The topological polar surface area (TPSA) is 105 Å². The van der Waals surface area contributed by atoms with E-state index in [0.29, 0.717) is 12.8 Å². The van der Waals surface area contributed by atoms with Crippen LogP contribution in [0.15, 0.2) is 48.5 Å². The molecule has 0 radical (unpaired) electrons. The van der Waals surface area contributed by atoms with Crippen LogP contribution in [0.5, 0.6) is 0 Å². The first-order valence-corrected chi connectivity index (χ1v) is 11.3. The predicted molar refractivity (Wildman–Crippen MR) is 122 cm³/mol. The lowest BCUT2D eigenvalue weighted by Crippen LogP contribution is -2.52. The van der Waals surface area contributed by atoms with Gasteiger partial charge in [0.2, 0.25) is 11.9 Å². The van der Waals surface area contributed by atoms with E-state index in [-0.39, 0.29) is 12.5 Å². The lowest BCUT2D eigenvalue weighted by Gasteiger charge is -2.22. The Hall–Kier alpha value is -3.56. The summed E-state index contributed by atoms with van der Waals surface area (Å²) in [4.78, 5) is 35.5. The summed E-state index contributed by atoms with van der Waals surface area (Å²) in [5.74, 6) is -3.51. The molecule has 0 spiro atoms. The van der Waals surface area contributed by atoms with Crippen LogP contribution in [-0.2, 0) is 14.3 Å². The van der Waals surface area contributed by atoms with Crippen LogP contribution < -0.4 is 10.6 Å². The molecule has 1 unspecified atom stereocenters. The zero-order valence-corrected chi connectivity index (χ0v) is 19.1. The van der Waals surface area contributed by atoms with E-state index in [9.17, 15) is 27.6 Å². The third kappa shape index (κ3) is 6.52. The van der Waals surface area contributed by atoms with Crippen molar-refractivity contribution in [3.8, 4) is 11.1 Å². The van der Waals surface area contributed by atoms with Crippen molar-refractivity contribution in [2.45, 2.75) is 56.8 Å². The van der Waals surface area contributed by atoms with Crippen molar-refractivity contribution < 1.29 is 37.4 Å². The Morgan fingerprint density at radius 2 is 1.57 bits per heavy atom. The lowest BCUT2D eigenvalue weighted by molar-refractivity contribution is -0.182. The van der Waals surface area contributed by atoms with Crippen molar-refractivity contribution in [1.82, 2.24) is 10.6 Å². The average molecular weight is 492 g/mol. The molecule has 2 atom stereocenters. The first-order valence-electron chi connectivity index (χ1n) is 11.3. The Kier molecular flexibility index (Phi) is 8.37. The van der Waals surface area contributed by atoms with E-state index in [1.807, 2.05) is 55.5 Å². The van der Waals surface area contributed by atoms with Crippen LogP contribution in [0, 0.1) is 0 Å². The summed E-state index contributed by atoms with van der Waals surface area (Å²) < 4.78 is 44.0. The van der Waals surface area contributed by atoms with E-state index in [4.69, 9.17) is 9.84 Å². The number of nitrogens with one attached hydrogen (secondary N) is 2. The number of carboxylic acids is 1. The molecule has 0 saturated heterocycles. The summed E-state index contributed by atoms with van der Waals surface area (Å²) in [5, 5.41) is 12.8. The van der Waals surface area contributed by atoms with Gasteiger partial charge in [-0.2, -0.15) is 13.2 Å². The monoisotopic (exact) mass is 492 g/mol. The lowest BCUT2D eigenvalue weighted by atomic mass is 9.98. The fourth-order valence-electron chi connectivity index (χ4n) is 4.21. The van der Waals surface area contributed by atoms with E-state index in [1.165, 1.54) is 5.32 Å². The van der Waals surface area contributed by atoms with Crippen LogP contribution >= 0.6 is 0 Å². The maximum atomic E-state index is 12.9. The van der Waals surface area contributed by atoms with Gasteiger partial charge in [0, 0.05) is 18.4 Å². The number of ether oxygens (including phenoxy) is 1. The number of fused-ring (bicyclic) bond motifs is 3.